The van der Waals surface area contributed by atoms with Gasteiger partial charge in [0.1, 0.15) is 0 Å². The van der Waals surface area contributed by atoms with Gasteiger partial charge in [-0.25, -0.2) is 0 Å². The molecule has 108 valence electrons. The fourth-order valence-electron chi connectivity index (χ4n) is 2.45. The van der Waals surface area contributed by atoms with Crippen molar-refractivity contribution in [1.82, 2.24) is 5.32 Å². The molecule has 0 radical (unpaired) electrons. The summed E-state index contributed by atoms with van der Waals surface area (Å²) in [6, 6.07) is 6.29. The van der Waals surface area contributed by atoms with Crippen LogP contribution in [0, 0.1) is 11.8 Å². The number of hydrogen-bond acceptors (Lipinski definition) is 1. The summed E-state index contributed by atoms with van der Waals surface area (Å²) in [7, 11) is 0. The maximum absolute atomic E-state index is 6.28. The Kier molecular flexibility index (Phi) is 7.20. The zero-order valence-corrected chi connectivity index (χ0v) is 13.9. The summed E-state index contributed by atoms with van der Waals surface area (Å²) in [5.74, 6) is 1.19. The highest BCUT2D eigenvalue weighted by molar-refractivity contribution is 6.35. The number of nitrogens with one attached hydrogen (secondary N) is 1. The molecule has 1 aromatic carbocycles. The van der Waals surface area contributed by atoms with Crippen molar-refractivity contribution in [2.45, 2.75) is 46.6 Å². The first kappa shape index (κ1) is 16.8. The third-order valence-corrected chi connectivity index (χ3v) is 4.27. The van der Waals surface area contributed by atoms with Crippen molar-refractivity contribution >= 4 is 23.2 Å². The Hall–Kier alpha value is -0.240. The van der Waals surface area contributed by atoms with E-state index in [0.29, 0.717) is 22.9 Å². The third kappa shape index (κ3) is 5.33. The second kappa shape index (κ2) is 8.14. The lowest BCUT2D eigenvalue weighted by molar-refractivity contribution is 0.289. The lowest BCUT2D eigenvalue weighted by Gasteiger charge is -2.29. The van der Waals surface area contributed by atoms with Gasteiger partial charge in [0, 0.05) is 16.1 Å². The van der Waals surface area contributed by atoms with Crippen molar-refractivity contribution in [3.63, 3.8) is 0 Å². The molecule has 0 spiro atoms. The largest absolute Gasteiger partial charge is 0.314 e. The van der Waals surface area contributed by atoms with Crippen LogP contribution >= 0.6 is 23.2 Å². The Morgan fingerprint density at radius 2 is 1.84 bits per heavy atom. The van der Waals surface area contributed by atoms with Gasteiger partial charge in [0.05, 0.1) is 0 Å². The van der Waals surface area contributed by atoms with Gasteiger partial charge in [0.2, 0.25) is 0 Å². The number of halogens is 2. The predicted octanol–water partition coefficient (Wildman–Crippen LogP) is 5.20. The van der Waals surface area contributed by atoms with Crippen LogP contribution in [0.3, 0.4) is 0 Å². The molecular formula is C16H25Cl2N. The number of rotatable bonds is 7. The van der Waals surface area contributed by atoms with Crippen LogP contribution in [0.1, 0.15) is 39.7 Å². The molecule has 1 N–H and O–H groups in total. The van der Waals surface area contributed by atoms with Crippen molar-refractivity contribution in [3.05, 3.63) is 33.8 Å². The zero-order chi connectivity index (χ0) is 14.4. The van der Waals surface area contributed by atoms with Crippen molar-refractivity contribution in [1.29, 1.82) is 0 Å². The average Bonchev–Trinajstić information content (AvgIpc) is 2.34. The van der Waals surface area contributed by atoms with Gasteiger partial charge in [-0.2, -0.15) is 0 Å². The molecule has 0 aliphatic carbocycles. The molecule has 19 heavy (non-hydrogen) atoms. The molecule has 0 heterocycles. The molecule has 1 rings (SSSR count). The van der Waals surface area contributed by atoms with Gasteiger partial charge in [0.15, 0.2) is 0 Å². The Balaban J connectivity index is 2.77. The van der Waals surface area contributed by atoms with Crippen molar-refractivity contribution in [3.8, 4) is 0 Å². The zero-order valence-electron chi connectivity index (χ0n) is 12.3. The molecule has 1 nitrogen and oxygen atoms in total. The molecule has 0 saturated carbocycles. The van der Waals surface area contributed by atoms with Crippen LogP contribution in [-0.4, -0.2) is 12.6 Å². The SMILES string of the molecule is CCCNC(C)C(Cc1ccc(Cl)cc1Cl)C(C)C. The molecule has 0 amide bonds. The molecule has 0 bridgehead atoms. The van der Waals surface area contributed by atoms with Crippen LogP contribution in [0.15, 0.2) is 18.2 Å². The molecule has 2 unspecified atom stereocenters. The molecule has 2 atom stereocenters. The van der Waals surface area contributed by atoms with E-state index in [1.807, 2.05) is 18.2 Å². The lowest BCUT2D eigenvalue weighted by Crippen LogP contribution is -2.37. The average molecular weight is 302 g/mol. The molecule has 1 aromatic rings. The normalized spacial score (nSPS) is 14.7. The van der Waals surface area contributed by atoms with Crippen LogP contribution in [-0.2, 0) is 6.42 Å². The maximum Gasteiger partial charge on any atom is 0.0452 e. The Labute approximate surface area is 127 Å². The van der Waals surface area contributed by atoms with E-state index in [4.69, 9.17) is 23.2 Å². The van der Waals surface area contributed by atoms with Crippen LogP contribution in [0.2, 0.25) is 10.0 Å². The van der Waals surface area contributed by atoms with Crippen LogP contribution in [0.4, 0.5) is 0 Å². The summed E-state index contributed by atoms with van der Waals surface area (Å²) in [5.41, 5.74) is 1.19. The van der Waals surface area contributed by atoms with Crippen LogP contribution < -0.4 is 5.32 Å². The second-order valence-corrected chi connectivity index (χ2v) is 6.43. The van der Waals surface area contributed by atoms with Crippen molar-refractivity contribution in [2.24, 2.45) is 11.8 Å². The fraction of sp³-hybridized carbons (Fsp3) is 0.625. The Morgan fingerprint density at radius 3 is 2.37 bits per heavy atom. The monoisotopic (exact) mass is 301 g/mol. The first-order chi connectivity index (χ1) is 8.95. The highest BCUT2D eigenvalue weighted by Crippen LogP contribution is 2.27. The van der Waals surface area contributed by atoms with Crippen LogP contribution in [0.25, 0.3) is 0 Å². The second-order valence-electron chi connectivity index (χ2n) is 5.59. The minimum absolute atomic E-state index is 0.492. The molecule has 0 saturated heterocycles. The first-order valence-corrected chi connectivity index (χ1v) is 7.88. The van der Waals surface area contributed by atoms with Gasteiger partial charge < -0.3 is 5.32 Å². The maximum atomic E-state index is 6.28. The number of benzene rings is 1. The van der Waals surface area contributed by atoms with Gasteiger partial charge in [-0.15, -0.1) is 0 Å². The summed E-state index contributed by atoms with van der Waals surface area (Å²) in [5, 5.41) is 5.08. The predicted molar refractivity (Wildman–Crippen MR) is 86.2 cm³/mol. The third-order valence-electron chi connectivity index (χ3n) is 3.69. The van der Waals surface area contributed by atoms with Gasteiger partial charge in [0.25, 0.3) is 0 Å². The quantitative estimate of drug-likeness (QED) is 0.730. The minimum Gasteiger partial charge on any atom is -0.314 e. The smallest absolute Gasteiger partial charge is 0.0452 e. The Bertz CT molecular complexity index is 390. The van der Waals surface area contributed by atoms with Gasteiger partial charge in [-0.05, 0) is 55.8 Å². The molecule has 0 aromatic heterocycles. The van der Waals surface area contributed by atoms with Gasteiger partial charge >= 0.3 is 0 Å². The number of hydrogen-bond donors (Lipinski definition) is 1. The van der Waals surface area contributed by atoms with Crippen molar-refractivity contribution < 1.29 is 0 Å². The highest BCUT2D eigenvalue weighted by atomic mass is 35.5. The van der Waals surface area contributed by atoms with E-state index in [2.05, 4.69) is 33.0 Å². The molecular weight excluding hydrogens is 277 g/mol. The standard InChI is InChI=1S/C16H25Cl2N/c1-5-8-19-12(4)15(11(2)3)9-13-6-7-14(17)10-16(13)18/h6-7,10-12,15,19H,5,8-9H2,1-4H3. The summed E-state index contributed by atoms with van der Waals surface area (Å²) in [4.78, 5) is 0. The van der Waals surface area contributed by atoms with E-state index in [0.717, 1.165) is 24.4 Å². The topological polar surface area (TPSA) is 12.0 Å². The minimum atomic E-state index is 0.492. The first-order valence-electron chi connectivity index (χ1n) is 7.13. The van der Waals surface area contributed by atoms with Crippen LogP contribution in [0.5, 0.6) is 0 Å². The van der Waals surface area contributed by atoms with E-state index >= 15 is 0 Å². The van der Waals surface area contributed by atoms with E-state index in [9.17, 15) is 0 Å². The summed E-state index contributed by atoms with van der Waals surface area (Å²) < 4.78 is 0. The van der Waals surface area contributed by atoms with E-state index in [-0.39, 0.29) is 0 Å². The summed E-state index contributed by atoms with van der Waals surface area (Å²) in [6.45, 7) is 10.1. The van der Waals surface area contributed by atoms with E-state index in [1.54, 1.807) is 0 Å². The Morgan fingerprint density at radius 1 is 1.16 bits per heavy atom. The van der Waals surface area contributed by atoms with Gasteiger partial charge in [-0.3, -0.25) is 0 Å². The molecule has 3 heteroatoms. The molecule has 0 aliphatic heterocycles. The summed E-state index contributed by atoms with van der Waals surface area (Å²) in [6.07, 6.45) is 2.16. The van der Waals surface area contributed by atoms with Gasteiger partial charge in [-0.1, -0.05) is 50.0 Å². The summed E-state index contributed by atoms with van der Waals surface area (Å²) >= 11 is 12.2. The molecule has 0 fully saturated rings. The van der Waals surface area contributed by atoms with Crippen molar-refractivity contribution in [2.75, 3.05) is 6.54 Å². The molecule has 0 aliphatic rings. The highest BCUT2D eigenvalue weighted by Gasteiger charge is 2.21. The van der Waals surface area contributed by atoms with E-state index < -0.39 is 0 Å². The lowest BCUT2D eigenvalue weighted by atomic mass is 9.84. The fourth-order valence-corrected chi connectivity index (χ4v) is 2.94. The van der Waals surface area contributed by atoms with E-state index in [1.165, 1.54) is 5.56 Å².